The molecule has 0 bridgehead atoms. The third kappa shape index (κ3) is 3.44. The lowest BCUT2D eigenvalue weighted by Gasteiger charge is -2.17. The van der Waals surface area contributed by atoms with Gasteiger partial charge in [-0.05, 0) is 51.3 Å². The fraction of sp³-hybridized carbons (Fsp3) is 0.533. The average molecular weight is 310 g/mol. The Hall–Kier alpha value is -1.40. The molecular weight excluding hydrogens is 288 g/mol. The maximum absolute atomic E-state index is 12.5. The third-order valence-corrected chi connectivity index (χ3v) is 5.47. The monoisotopic (exact) mass is 310 g/mol. The maximum atomic E-state index is 12.5. The molecule has 2 rings (SSSR count). The molecule has 1 heterocycles. The summed E-state index contributed by atoms with van der Waals surface area (Å²) in [5.41, 5.74) is 1.19. The zero-order chi connectivity index (χ0) is 15.6. The number of hydrogen-bond acceptors (Lipinski definition) is 3. The van der Waals surface area contributed by atoms with Gasteiger partial charge in [-0.25, -0.2) is 8.42 Å². The van der Waals surface area contributed by atoms with Gasteiger partial charge in [-0.2, -0.15) is 4.31 Å². The SMILES string of the molecule is Cc1ccc(S(=O)(=O)N2CCCC2)cc1C(=O)NC(C)C. The minimum atomic E-state index is -3.49. The summed E-state index contributed by atoms with van der Waals surface area (Å²) in [6.07, 6.45) is 1.79. The van der Waals surface area contributed by atoms with Crippen molar-refractivity contribution in [3.63, 3.8) is 0 Å². The highest BCUT2D eigenvalue weighted by molar-refractivity contribution is 7.89. The molecule has 0 aliphatic carbocycles. The van der Waals surface area contributed by atoms with Crippen LogP contribution in [0, 0.1) is 6.92 Å². The van der Waals surface area contributed by atoms with Crippen molar-refractivity contribution < 1.29 is 13.2 Å². The lowest BCUT2D eigenvalue weighted by molar-refractivity contribution is 0.0942. The number of nitrogens with one attached hydrogen (secondary N) is 1. The summed E-state index contributed by atoms with van der Waals surface area (Å²) in [6.45, 7) is 6.67. The van der Waals surface area contributed by atoms with E-state index in [2.05, 4.69) is 5.32 Å². The minimum Gasteiger partial charge on any atom is -0.350 e. The standard InChI is InChI=1S/C15H22N2O3S/c1-11(2)16-15(18)14-10-13(7-6-12(14)3)21(19,20)17-8-4-5-9-17/h6-7,10-11H,4-5,8-9H2,1-3H3,(H,16,18). The van der Waals surface area contributed by atoms with Gasteiger partial charge in [0.25, 0.3) is 5.91 Å². The second-order valence-electron chi connectivity index (χ2n) is 5.72. The number of aryl methyl sites for hydroxylation is 1. The molecule has 1 saturated heterocycles. The number of benzene rings is 1. The highest BCUT2D eigenvalue weighted by Crippen LogP contribution is 2.23. The highest BCUT2D eigenvalue weighted by atomic mass is 32.2. The molecule has 116 valence electrons. The Bertz CT molecular complexity index is 632. The number of amides is 1. The molecular formula is C15H22N2O3S. The van der Waals surface area contributed by atoms with E-state index in [-0.39, 0.29) is 16.8 Å². The first-order chi connectivity index (χ1) is 9.82. The largest absolute Gasteiger partial charge is 0.350 e. The van der Waals surface area contributed by atoms with Crippen molar-refractivity contribution in [2.24, 2.45) is 0 Å². The summed E-state index contributed by atoms with van der Waals surface area (Å²) >= 11 is 0. The fourth-order valence-electron chi connectivity index (χ4n) is 2.42. The third-order valence-electron chi connectivity index (χ3n) is 3.58. The molecule has 0 aromatic heterocycles. The molecule has 1 aromatic carbocycles. The van der Waals surface area contributed by atoms with Crippen molar-refractivity contribution >= 4 is 15.9 Å². The van der Waals surface area contributed by atoms with Crippen LogP contribution in [0.15, 0.2) is 23.1 Å². The van der Waals surface area contributed by atoms with Gasteiger partial charge in [-0.1, -0.05) is 6.07 Å². The predicted molar refractivity (Wildman–Crippen MR) is 81.8 cm³/mol. The van der Waals surface area contributed by atoms with Crippen molar-refractivity contribution in [2.45, 2.75) is 44.6 Å². The first-order valence-corrected chi connectivity index (χ1v) is 8.68. The van der Waals surface area contributed by atoms with Crippen LogP contribution in [-0.2, 0) is 10.0 Å². The van der Waals surface area contributed by atoms with Crippen molar-refractivity contribution in [1.82, 2.24) is 9.62 Å². The van der Waals surface area contributed by atoms with Gasteiger partial charge in [0.15, 0.2) is 0 Å². The van der Waals surface area contributed by atoms with Crippen LogP contribution in [0.1, 0.15) is 42.6 Å². The Kier molecular flexibility index (Phi) is 4.68. The van der Waals surface area contributed by atoms with Crippen LogP contribution in [0.3, 0.4) is 0 Å². The van der Waals surface area contributed by atoms with Crippen LogP contribution >= 0.6 is 0 Å². The second-order valence-corrected chi connectivity index (χ2v) is 7.65. The van der Waals surface area contributed by atoms with E-state index in [9.17, 15) is 13.2 Å². The number of sulfonamides is 1. The van der Waals surface area contributed by atoms with Gasteiger partial charge < -0.3 is 5.32 Å². The first-order valence-electron chi connectivity index (χ1n) is 7.24. The first kappa shape index (κ1) is 16.0. The normalized spacial score (nSPS) is 16.4. The molecule has 21 heavy (non-hydrogen) atoms. The Morgan fingerprint density at radius 1 is 1.24 bits per heavy atom. The van der Waals surface area contributed by atoms with Crippen LogP contribution in [0.5, 0.6) is 0 Å². The number of carbonyl (C=O) groups excluding carboxylic acids is 1. The van der Waals surface area contributed by atoms with Crippen molar-refractivity contribution in [1.29, 1.82) is 0 Å². The molecule has 1 N–H and O–H groups in total. The molecule has 0 atom stereocenters. The summed E-state index contributed by atoms with van der Waals surface area (Å²) in [4.78, 5) is 12.4. The van der Waals surface area contributed by atoms with Gasteiger partial charge in [-0.3, -0.25) is 4.79 Å². The van der Waals surface area contributed by atoms with E-state index in [1.165, 1.54) is 10.4 Å². The van der Waals surface area contributed by atoms with E-state index in [1.807, 2.05) is 20.8 Å². The summed E-state index contributed by atoms with van der Waals surface area (Å²) in [6, 6.07) is 4.77. The number of hydrogen-bond donors (Lipinski definition) is 1. The van der Waals surface area contributed by atoms with Gasteiger partial charge in [-0.15, -0.1) is 0 Å². The van der Waals surface area contributed by atoms with Gasteiger partial charge in [0.2, 0.25) is 10.0 Å². The molecule has 0 radical (unpaired) electrons. The number of nitrogens with zero attached hydrogens (tertiary/aromatic N) is 1. The van der Waals surface area contributed by atoms with Crippen LogP contribution in [-0.4, -0.2) is 37.8 Å². The molecule has 1 aliphatic heterocycles. The molecule has 1 fully saturated rings. The topological polar surface area (TPSA) is 66.5 Å². The molecule has 5 nitrogen and oxygen atoms in total. The zero-order valence-electron chi connectivity index (χ0n) is 12.7. The smallest absolute Gasteiger partial charge is 0.251 e. The average Bonchev–Trinajstić information content (AvgIpc) is 2.92. The highest BCUT2D eigenvalue weighted by Gasteiger charge is 2.28. The zero-order valence-corrected chi connectivity index (χ0v) is 13.5. The molecule has 1 aliphatic rings. The van der Waals surface area contributed by atoms with Crippen LogP contribution < -0.4 is 5.32 Å². The molecule has 6 heteroatoms. The van der Waals surface area contributed by atoms with E-state index in [4.69, 9.17) is 0 Å². The molecule has 0 spiro atoms. The molecule has 0 saturated carbocycles. The van der Waals surface area contributed by atoms with Crippen LogP contribution in [0.2, 0.25) is 0 Å². The van der Waals surface area contributed by atoms with E-state index in [0.717, 1.165) is 18.4 Å². The van der Waals surface area contributed by atoms with Gasteiger partial charge in [0.1, 0.15) is 0 Å². The Morgan fingerprint density at radius 2 is 1.86 bits per heavy atom. The van der Waals surface area contributed by atoms with Gasteiger partial charge in [0.05, 0.1) is 4.90 Å². The molecule has 0 unspecified atom stereocenters. The lowest BCUT2D eigenvalue weighted by atomic mass is 10.1. The van der Waals surface area contributed by atoms with Gasteiger partial charge >= 0.3 is 0 Å². The minimum absolute atomic E-state index is 0.00995. The van der Waals surface area contributed by atoms with Crippen LogP contribution in [0.4, 0.5) is 0 Å². The fourth-order valence-corrected chi connectivity index (χ4v) is 3.97. The van der Waals surface area contributed by atoms with Crippen molar-refractivity contribution in [2.75, 3.05) is 13.1 Å². The Morgan fingerprint density at radius 3 is 2.43 bits per heavy atom. The van der Waals surface area contributed by atoms with Crippen molar-refractivity contribution in [3.05, 3.63) is 29.3 Å². The second kappa shape index (κ2) is 6.15. The Labute approximate surface area is 126 Å². The summed E-state index contributed by atoms with van der Waals surface area (Å²) in [7, 11) is -3.49. The summed E-state index contributed by atoms with van der Waals surface area (Å²) in [5.74, 6) is -0.235. The van der Waals surface area contributed by atoms with E-state index < -0.39 is 10.0 Å². The lowest BCUT2D eigenvalue weighted by Crippen LogP contribution is -2.31. The maximum Gasteiger partial charge on any atom is 0.251 e. The van der Waals surface area contributed by atoms with Crippen LogP contribution in [0.25, 0.3) is 0 Å². The number of carbonyl (C=O) groups is 1. The van der Waals surface area contributed by atoms with Crippen molar-refractivity contribution in [3.8, 4) is 0 Å². The van der Waals surface area contributed by atoms with E-state index in [0.29, 0.717) is 18.7 Å². The molecule has 1 aromatic rings. The number of rotatable bonds is 4. The van der Waals surface area contributed by atoms with E-state index in [1.54, 1.807) is 12.1 Å². The predicted octanol–water partition coefficient (Wildman–Crippen LogP) is 1.92. The summed E-state index contributed by atoms with van der Waals surface area (Å²) in [5, 5.41) is 2.80. The quantitative estimate of drug-likeness (QED) is 0.924. The van der Waals surface area contributed by atoms with Gasteiger partial charge in [0, 0.05) is 24.7 Å². The van der Waals surface area contributed by atoms with E-state index >= 15 is 0 Å². The Balaban J connectivity index is 2.36. The molecule has 1 amide bonds. The summed E-state index contributed by atoms with van der Waals surface area (Å²) < 4.78 is 26.6.